The Labute approximate surface area is 115 Å². The van der Waals surface area contributed by atoms with Crippen molar-refractivity contribution in [2.45, 2.75) is 31.3 Å². The molecule has 1 saturated heterocycles. The van der Waals surface area contributed by atoms with Crippen molar-refractivity contribution in [1.29, 1.82) is 0 Å². The highest BCUT2D eigenvalue weighted by molar-refractivity contribution is 7.81. The molecule has 102 valence electrons. The fraction of sp³-hybridized carbons (Fsp3) is 0.500. The first-order chi connectivity index (χ1) is 9.10. The van der Waals surface area contributed by atoms with E-state index < -0.39 is 12.2 Å². The zero-order chi connectivity index (χ0) is 13.6. The van der Waals surface area contributed by atoms with Gasteiger partial charge in [-0.25, -0.2) is 4.99 Å². The van der Waals surface area contributed by atoms with Crippen LogP contribution in [0, 0.1) is 0 Å². The van der Waals surface area contributed by atoms with E-state index in [1.54, 1.807) is 0 Å². The third kappa shape index (κ3) is 2.08. The predicted octanol–water partition coefficient (Wildman–Crippen LogP) is 0.239. The number of thiocarbonyl (C=S) groups is 1. The number of amidine groups is 1. The van der Waals surface area contributed by atoms with E-state index in [0.29, 0.717) is 24.5 Å². The van der Waals surface area contributed by atoms with Crippen molar-refractivity contribution in [2.75, 3.05) is 6.61 Å². The molecule has 1 aromatic rings. The fourth-order valence-electron chi connectivity index (χ4n) is 2.49. The number of aromatic nitrogens is 1. The molecule has 6 nitrogen and oxygen atoms in total. The lowest BCUT2D eigenvalue weighted by atomic mass is 10.1. The van der Waals surface area contributed by atoms with Crippen LogP contribution in [0.2, 0.25) is 0 Å². The summed E-state index contributed by atoms with van der Waals surface area (Å²) < 4.78 is 7.43. The predicted molar refractivity (Wildman–Crippen MR) is 73.7 cm³/mol. The number of nitrogens with zero attached hydrogens (tertiary/aromatic N) is 2. The smallest absolute Gasteiger partial charge is 0.145 e. The number of fused-ring (bicyclic) bond motifs is 1. The van der Waals surface area contributed by atoms with E-state index in [4.69, 9.17) is 27.8 Å². The van der Waals surface area contributed by atoms with Crippen LogP contribution in [0.4, 0.5) is 5.82 Å². The Bertz CT molecular complexity index is 554. The summed E-state index contributed by atoms with van der Waals surface area (Å²) in [5.41, 5.74) is 6.65. The second-order valence-electron chi connectivity index (χ2n) is 4.78. The Kier molecular flexibility index (Phi) is 3.14. The van der Waals surface area contributed by atoms with E-state index in [-0.39, 0.29) is 12.8 Å². The molecule has 0 radical (unpaired) electrons. The molecule has 0 aliphatic carbocycles. The SMILES string of the molecule is NC1=Nc2c(ccn2C2CC(O)C(CO)O2)C(=S)C1. The van der Waals surface area contributed by atoms with Crippen LogP contribution in [-0.4, -0.2) is 44.3 Å². The van der Waals surface area contributed by atoms with Gasteiger partial charge in [0.2, 0.25) is 0 Å². The molecule has 0 aromatic carbocycles. The number of hydrogen-bond acceptors (Lipinski definition) is 6. The van der Waals surface area contributed by atoms with Crippen molar-refractivity contribution in [3.63, 3.8) is 0 Å². The van der Waals surface area contributed by atoms with E-state index in [1.165, 1.54) is 0 Å². The fourth-order valence-corrected chi connectivity index (χ4v) is 2.80. The Hall–Kier alpha value is -1.28. The van der Waals surface area contributed by atoms with Crippen LogP contribution in [-0.2, 0) is 4.74 Å². The van der Waals surface area contributed by atoms with E-state index in [9.17, 15) is 5.11 Å². The lowest BCUT2D eigenvalue weighted by Crippen LogP contribution is -2.24. The molecule has 1 fully saturated rings. The molecule has 2 aliphatic heterocycles. The van der Waals surface area contributed by atoms with Gasteiger partial charge in [-0.2, -0.15) is 0 Å². The van der Waals surface area contributed by atoms with E-state index in [1.807, 2.05) is 16.8 Å². The Morgan fingerprint density at radius 3 is 3.05 bits per heavy atom. The summed E-state index contributed by atoms with van der Waals surface area (Å²) in [6, 6.07) is 1.88. The van der Waals surface area contributed by atoms with Gasteiger partial charge in [-0.05, 0) is 6.07 Å². The van der Waals surface area contributed by atoms with Gasteiger partial charge >= 0.3 is 0 Å². The molecule has 1 aromatic heterocycles. The first-order valence-corrected chi connectivity index (χ1v) is 6.52. The molecule has 0 amide bonds. The summed E-state index contributed by atoms with van der Waals surface area (Å²) in [7, 11) is 0. The minimum atomic E-state index is -0.676. The maximum Gasteiger partial charge on any atom is 0.145 e. The van der Waals surface area contributed by atoms with Crippen molar-refractivity contribution < 1.29 is 14.9 Å². The zero-order valence-corrected chi connectivity index (χ0v) is 11.0. The molecule has 0 bridgehead atoms. The lowest BCUT2D eigenvalue weighted by molar-refractivity contribution is -0.0436. The number of aliphatic hydroxyl groups is 2. The van der Waals surface area contributed by atoms with Crippen LogP contribution in [0.5, 0.6) is 0 Å². The molecule has 0 spiro atoms. The molecule has 19 heavy (non-hydrogen) atoms. The molecular formula is C12H15N3O3S. The number of nitrogens with two attached hydrogens (primary N) is 1. The third-order valence-electron chi connectivity index (χ3n) is 3.47. The van der Waals surface area contributed by atoms with Gasteiger partial charge < -0.3 is 25.3 Å². The minimum Gasteiger partial charge on any atom is -0.394 e. The normalized spacial score (nSPS) is 30.3. The summed E-state index contributed by atoms with van der Waals surface area (Å²) in [5.74, 6) is 1.15. The molecule has 3 rings (SSSR count). The van der Waals surface area contributed by atoms with E-state index >= 15 is 0 Å². The Morgan fingerprint density at radius 2 is 2.37 bits per heavy atom. The maximum atomic E-state index is 9.78. The molecule has 4 N–H and O–H groups in total. The summed E-state index contributed by atoms with van der Waals surface area (Å²) in [5, 5.41) is 18.9. The average molecular weight is 281 g/mol. The molecule has 3 heterocycles. The van der Waals surface area contributed by atoms with Crippen molar-refractivity contribution >= 4 is 28.7 Å². The Balaban J connectivity index is 1.94. The van der Waals surface area contributed by atoms with E-state index in [2.05, 4.69) is 4.99 Å². The zero-order valence-electron chi connectivity index (χ0n) is 10.2. The monoisotopic (exact) mass is 281 g/mol. The molecular weight excluding hydrogens is 266 g/mol. The second kappa shape index (κ2) is 4.68. The van der Waals surface area contributed by atoms with Gasteiger partial charge in [-0.3, -0.25) is 0 Å². The molecule has 0 saturated carbocycles. The quantitative estimate of drug-likeness (QED) is 0.675. The van der Waals surface area contributed by atoms with Gasteiger partial charge in [0.25, 0.3) is 0 Å². The van der Waals surface area contributed by atoms with Crippen molar-refractivity contribution in [3.8, 4) is 0 Å². The topological polar surface area (TPSA) is 93.0 Å². The van der Waals surface area contributed by atoms with Gasteiger partial charge in [0.15, 0.2) is 0 Å². The Morgan fingerprint density at radius 1 is 1.58 bits per heavy atom. The molecule has 7 heteroatoms. The first-order valence-electron chi connectivity index (χ1n) is 6.11. The van der Waals surface area contributed by atoms with Crippen LogP contribution < -0.4 is 5.73 Å². The van der Waals surface area contributed by atoms with Crippen molar-refractivity contribution in [3.05, 3.63) is 17.8 Å². The summed E-state index contributed by atoms with van der Waals surface area (Å²) in [6.45, 7) is -0.203. The molecule has 2 aliphatic rings. The number of aliphatic imine (C=N–C) groups is 1. The van der Waals surface area contributed by atoms with Crippen molar-refractivity contribution in [1.82, 2.24) is 4.57 Å². The number of hydrogen-bond donors (Lipinski definition) is 3. The van der Waals surface area contributed by atoms with E-state index in [0.717, 1.165) is 10.4 Å². The average Bonchev–Trinajstić information content (AvgIpc) is 2.92. The highest BCUT2D eigenvalue weighted by Gasteiger charge is 2.36. The summed E-state index contributed by atoms with van der Waals surface area (Å²) >= 11 is 5.29. The third-order valence-corrected chi connectivity index (χ3v) is 3.84. The first kappa shape index (κ1) is 12.7. The van der Waals surface area contributed by atoms with Crippen LogP contribution in [0.25, 0.3) is 0 Å². The van der Waals surface area contributed by atoms with Crippen LogP contribution in [0.1, 0.15) is 24.6 Å². The largest absolute Gasteiger partial charge is 0.394 e. The summed E-state index contributed by atoms with van der Waals surface area (Å²) in [6.07, 6.45) is 1.16. The molecule has 3 atom stereocenters. The maximum absolute atomic E-state index is 9.78. The van der Waals surface area contributed by atoms with Gasteiger partial charge in [0.05, 0.1) is 12.7 Å². The standard InChI is InChI=1S/C12H15N3O3S/c13-10-4-9(19)6-1-2-15(12(6)14-10)11-3-7(17)8(5-16)18-11/h1-2,7-8,11,16-17H,3-5H2,(H2,13,14). The van der Waals surface area contributed by atoms with Gasteiger partial charge in [-0.1, -0.05) is 12.2 Å². The number of aliphatic hydroxyl groups excluding tert-OH is 2. The number of ether oxygens (including phenoxy) is 1. The number of rotatable bonds is 2. The van der Waals surface area contributed by atoms with Crippen LogP contribution in [0.15, 0.2) is 17.3 Å². The van der Waals surface area contributed by atoms with Gasteiger partial charge in [0, 0.05) is 29.5 Å². The summed E-state index contributed by atoms with van der Waals surface area (Å²) in [4.78, 5) is 5.08. The minimum absolute atomic E-state index is 0.203. The molecule has 3 unspecified atom stereocenters. The van der Waals surface area contributed by atoms with Crippen molar-refractivity contribution in [2.24, 2.45) is 10.7 Å². The lowest BCUT2D eigenvalue weighted by Gasteiger charge is -2.18. The van der Waals surface area contributed by atoms with Crippen LogP contribution in [0.3, 0.4) is 0 Å². The highest BCUT2D eigenvalue weighted by atomic mass is 32.1. The highest BCUT2D eigenvalue weighted by Crippen LogP contribution is 2.36. The second-order valence-corrected chi connectivity index (χ2v) is 5.27. The van der Waals surface area contributed by atoms with Gasteiger partial charge in [0.1, 0.15) is 24.0 Å². The van der Waals surface area contributed by atoms with Crippen LogP contribution >= 0.6 is 12.2 Å². The van der Waals surface area contributed by atoms with Gasteiger partial charge in [-0.15, -0.1) is 0 Å².